The molecule has 0 spiro atoms. The van der Waals surface area contributed by atoms with Crippen molar-refractivity contribution < 1.29 is 27.4 Å². The van der Waals surface area contributed by atoms with Crippen molar-refractivity contribution in [3.63, 3.8) is 0 Å². The first-order chi connectivity index (χ1) is 13.2. The zero-order chi connectivity index (χ0) is 20.9. The summed E-state index contributed by atoms with van der Waals surface area (Å²) in [4.78, 5) is 11.8. The molecule has 0 aliphatic carbocycles. The largest absolute Gasteiger partial charge is 0.495 e. The Morgan fingerprint density at radius 3 is 2.25 bits per heavy atom. The lowest BCUT2D eigenvalue weighted by molar-refractivity contribution is -0.138. The Labute approximate surface area is 169 Å². The SMILES string of the molecule is COC(=O)CN(c1ccc(OC(C)C)cc1)S(=O)(=O)c1ccc(OC)c(Cl)c1. The van der Waals surface area contributed by atoms with E-state index in [1.54, 1.807) is 24.3 Å². The highest BCUT2D eigenvalue weighted by Crippen LogP contribution is 2.31. The predicted octanol–water partition coefficient (Wildman–Crippen LogP) is 3.50. The van der Waals surface area contributed by atoms with Crippen LogP contribution in [0.4, 0.5) is 5.69 Å². The number of hydrogen-bond donors (Lipinski definition) is 0. The second kappa shape index (κ2) is 9.16. The van der Waals surface area contributed by atoms with Crippen LogP contribution in [-0.4, -0.2) is 41.3 Å². The molecular weight excluding hydrogens is 406 g/mol. The Kier molecular flexibility index (Phi) is 7.15. The standard InChI is InChI=1S/C19H22ClNO6S/c1-13(2)27-15-7-5-14(6-8-15)21(12-19(22)26-4)28(23,24)16-9-10-18(25-3)17(20)11-16/h5-11,13H,12H2,1-4H3. The van der Waals surface area contributed by atoms with E-state index in [0.29, 0.717) is 11.5 Å². The first-order valence-electron chi connectivity index (χ1n) is 8.39. The van der Waals surface area contributed by atoms with Gasteiger partial charge in [0.15, 0.2) is 0 Å². The monoisotopic (exact) mass is 427 g/mol. The summed E-state index contributed by atoms with van der Waals surface area (Å²) in [6, 6.07) is 10.5. The van der Waals surface area contributed by atoms with Gasteiger partial charge < -0.3 is 14.2 Å². The number of methoxy groups -OCH3 is 2. The molecule has 0 atom stereocenters. The van der Waals surface area contributed by atoms with Crippen molar-refractivity contribution >= 4 is 33.3 Å². The van der Waals surface area contributed by atoms with Crippen LogP contribution in [0.1, 0.15) is 13.8 Å². The van der Waals surface area contributed by atoms with E-state index in [1.807, 2.05) is 13.8 Å². The third kappa shape index (κ3) is 5.08. The van der Waals surface area contributed by atoms with Gasteiger partial charge in [-0.25, -0.2) is 8.42 Å². The average molecular weight is 428 g/mol. The molecule has 0 fully saturated rings. The van der Waals surface area contributed by atoms with Gasteiger partial charge in [-0.1, -0.05) is 11.6 Å². The number of rotatable bonds is 8. The molecular formula is C19H22ClNO6S. The van der Waals surface area contributed by atoms with Gasteiger partial charge in [-0.15, -0.1) is 0 Å². The highest BCUT2D eigenvalue weighted by Gasteiger charge is 2.28. The number of nitrogens with zero attached hydrogens (tertiary/aromatic N) is 1. The Balaban J connectivity index is 2.47. The smallest absolute Gasteiger partial charge is 0.326 e. The molecule has 0 radical (unpaired) electrons. The number of carbonyl (C=O) groups is 1. The highest BCUT2D eigenvalue weighted by molar-refractivity contribution is 7.92. The molecule has 0 unspecified atom stereocenters. The van der Waals surface area contributed by atoms with E-state index in [0.717, 1.165) is 4.31 Å². The zero-order valence-corrected chi connectivity index (χ0v) is 17.6. The number of halogens is 1. The van der Waals surface area contributed by atoms with Crippen molar-refractivity contribution in [2.24, 2.45) is 0 Å². The van der Waals surface area contributed by atoms with Crippen molar-refractivity contribution in [3.05, 3.63) is 47.5 Å². The third-order valence-corrected chi connectivity index (χ3v) is 5.77. The molecule has 28 heavy (non-hydrogen) atoms. The maximum Gasteiger partial charge on any atom is 0.326 e. The summed E-state index contributed by atoms with van der Waals surface area (Å²) < 4.78 is 42.6. The van der Waals surface area contributed by atoms with Gasteiger partial charge in [0.2, 0.25) is 0 Å². The van der Waals surface area contributed by atoms with Gasteiger partial charge >= 0.3 is 5.97 Å². The van der Waals surface area contributed by atoms with Crippen molar-refractivity contribution in [2.75, 3.05) is 25.1 Å². The van der Waals surface area contributed by atoms with Gasteiger partial charge in [-0.3, -0.25) is 9.10 Å². The minimum atomic E-state index is -4.09. The van der Waals surface area contributed by atoms with E-state index in [1.165, 1.54) is 32.4 Å². The number of sulfonamides is 1. The quantitative estimate of drug-likeness (QED) is 0.599. The molecule has 0 aliphatic heterocycles. The summed E-state index contributed by atoms with van der Waals surface area (Å²) in [6.45, 7) is 3.28. The van der Waals surface area contributed by atoms with Gasteiger partial charge in [0, 0.05) is 0 Å². The molecule has 0 aromatic heterocycles. The second-order valence-electron chi connectivity index (χ2n) is 6.04. The molecule has 7 nitrogen and oxygen atoms in total. The summed E-state index contributed by atoms with van der Waals surface area (Å²) in [7, 11) is -1.47. The molecule has 2 aromatic carbocycles. The predicted molar refractivity (Wildman–Crippen MR) is 107 cm³/mol. The van der Waals surface area contributed by atoms with E-state index < -0.39 is 22.5 Å². The number of esters is 1. The van der Waals surface area contributed by atoms with E-state index in [9.17, 15) is 13.2 Å². The first-order valence-corrected chi connectivity index (χ1v) is 10.2. The molecule has 0 saturated carbocycles. The van der Waals surface area contributed by atoms with Crippen LogP contribution in [0.2, 0.25) is 5.02 Å². The summed E-state index contributed by atoms with van der Waals surface area (Å²) in [5.74, 6) is 0.225. The molecule has 0 saturated heterocycles. The number of ether oxygens (including phenoxy) is 3. The van der Waals surface area contributed by atoms with E-state index >= 15 is 0 Å². The van der Waals surface area contributed by atoms with Crippen LogP contribution in [0, 0.1) is 0 Å². The summed E-state index contributed by atoms with van der Waals surface area (Å²) in [5, 5.41) is 0.141. The normalized spacial score (nSPS) is 11.2. The minimum Gasteiger partial charge on any atom is -0.495 e. The van der Waals surface area contributed by atoms with Gasteiger partial charge in [0.1, 0.15) is 18.0 Å². The maximum atomic E-state index is 13.2. The number of carbonyl (C=O) groups excluding carboxylic acids is 1. The Hall–Kier alpha value is -2.45. The maximum absolute atomic E-state index is 13.2. The van der Waals surface area contributed by atoms with Gasteiger partial charge in [0.05, 0.1) is 35.9 Å². The summed E-state index contributed by atoms with van der Waals surface area (Å²) >= 11 is 6.07. The Bertz CT molecular complexity index is 928. The number of hydrogen-bond acceptors (Lipinski definition) is 6. The first kappa shape index (κ1) is 21.8. The van der Waals surface area contributed by atoms with Crippen LogP contribution < -0.4 is 13.8 Å². The van der Waals surface area contributed by atoms with E-state index in [4.69, 9.17) is 21.1 Å². The lowest BCUT2D eigenvalue weighted by Gasteiger charge is -2.24. The van der Waals surface area contributed by atoms with Gasteiger partial charge in [-0.2, -0.15) is 0 Å². The average Bonchev–Trinajstić information content (AvgIpc) is 2.66. The molecule has 0 aliphatic rings. The number of anilines is 1. The molecule has 152 valence electrons. The fraction of sp³-hybridized carbons (Fsp3) is 0.316. The van der Waals surface area contributed by atoms with Crippen LogP contribution in [0.5, 0.6) is 11.5 Å². The Morgan fingerprint density at radius 1 is 1.11 bits per heavy atom. The van der Waals surface area contributed by atoms with Gasteiger partial charge in [-0.05, 0) is 56.3 Å². The zero-order valence-electron chi connectivity index (χ0n) is 16.0. The molecule has 2 rings (SSSR count). The molecule has 0 N–H and O–H groups in total. The lowest BCUT2D eigenvalue weighted by atomic mass is 10.3. The lowest BCUT2D eigenvalue weighted by Crippen LogP contribution is -2.36. The molecule has 0 heterocycles. The van der Waals surface area contributed by atoms with Gasteiger partial charge in [0.25, 0.3) is 10.0 Å². The summed E-state index contributed by atoms with van der Waals surface area (Å²) in [5.41, 5.74) is 0.286. The van der Waals surface area contributed by atoms with Crippen molar-refractivity contribution in [3.8, 4) is 11.5 Å². The number of benzene rings is 2. The third-order valence-electron chi connectivity index (χ3n) is 3.71. The molecule has 9 heteroatoms. The van der Waals surface area contributed by atoms with E-state index in [-0.39, 0.29) is 21.7 Å². The molecule has 2 aromatic rings. The minimum absolute atomic E-state index is 0.0257. The fourth-order valence-corrected chi connectivity index (χ4v) is 4.15. The fourth-order valence-electron chi connectivity index (χ4n) is 2.39. The molecule has 0 amide bonds. The van der Waals surface area contributed by atoms with Crippen LogP contribution >= 0.6 is 11.6 Å². The van der Waals surface area contributed by atoms with Crippen LogP contribution in [0.3, 0.4) is 0 Å². The topological polar surface area (TPSA) is 82.1 Å². The van der Waals surface area contributed by atoms with Crippen molar-refractivity contribution in [1.82, 2.24) is 0 Å². The second-order valence-corrected chi connectivity index (χ2v) is 8.31. The van der Waals surface area contributed by atoms with Crippen LogP contribution in [0.25, 0.3) is 0 Å². The molecule has 0 bridgehead atoms. The summed E-state index contributed by atoms with van der Waals surface area (Å²) in [6.07, 6.45) is -0.0257. The Morgan fingerprint density at radius 2 is 1.75 bits per heavy atom. The van der Waals surface area contributed by atoms with Crippen molar-refractivity contribution in [1.29, 1.82) is 0 Å². The van der Waals surface area contributed by atoms with Crippen molar-refractivity contribution in [2.45, 2.75) is 24.8 Å². The van der Waals surface area contributed by atoms with Crippen LogP contribution in [-0.2, 0) is 19.6 Å². The highest BCUT2D eigenvalue weighted by atomic mass is 35.5. The van der Waals surface area contributed by atoms with Crippen LogP contribution in [0.15, 0.2) is 47.4 Å². The van der Waals surface area contributed by atoms with E-state index in [2.05, 4.69) is 4.74 Å².